The zero-order valence-corrected chi connectivity index (χ0v) is 23.0. The van der Waals surface area contributed by atoms with Crippen LogP contribution in [0.4, 0.5) is 9.59 Å². The van der Waals surface area contributed by atoms with Crippen LogP contribution >= 0.6 is 15.9 Å². The number of ether oxygens (including phenoxy) is 3. The van der Waals surface area contributed by atoms with Gasteiger partial charge in [-0.15, -0.1) is 0 Å². The van der Waals surface area contributed by atoms with Gasteiger partial charge in [-0.05, 0) is 83.2 Å². The molecule has 0 radical (unpaired) electrons. The summed E-state index contributed by atoms with van der Waals surface area (Å²) >= 11 is 3.44. The maximum Gasteiger partial charge on any atom is 0.420 e. The van der Waals surface area contributed by atoms with Gasteiger partial charge in [0, 0.05) is 4.47 Å². The Kier molecular flexibility index (Phi) is 9.49. The van der Waals surface area contributed by atoms with Crippen LogP contribution in [0, 0.1) is 0 Å². The number of carbonyl (C=O) groups excluding carboxylic acids is 3. The van der Waals surface area contributed by atoms with Gasteiger partial charge in [-0.2, -0.15) is 4.90 Å². The minimum atomic E-state index is -1.21. The van der Waals surface area contributed by atoms with Gasteiger partial charge in [0.25, 0.3) is 0 Å². The molecule has 0 heterocycles. The maximum atomic E-state index is 13.0. The van der Waals surface area contributed by atoms with E-state index < -0.39 is 35.4 Å². The molecule has 2 rings (SSSR count). The molecule has 35 heavy (non-hydrogen) atoms. The highest BCUT2D eigenvalue weighted by Crippen LogP contribution is 2.24. The number of esters is 1. The largest absolute Gasteiger partial charge is 0.467 e. The summed E-state index contributed by atoms with van der Waals surface area (Å²) in [5.41, 5.74) is 1.32. The molecule has 1 unspecified atom stereocenters. The molecule has 2 amide bonds. The summed E-state index contributed by atoms with van der Waals surface area (Å²) in [6.45, 7) is 10.1. The molecule has 0 saturated carbocycles. The van der Waals surface area contributed by atoms with Crippen LogP contribution in [0.25, 0.3) is 11.1 Å². The van der Waals surface area contributed by atoms with Crippen LogP contribution in [0.5, 0.6) is 0 Å². The quantitative estimate of drug-likeness (QED) is 0.293. The summed E-state index contributed by atoms with van der Waals surface area (Å²) in [7, 11) is 1.21. The van der Waals surface area contributed by atoms with Crippen molar-refractivity contribution in [1.29, 1.82) is 0 Å². The summed E-state index contributed by atoms with van der Waals surface area (Å²) < 4.78 is 16.8. The predicted molar refractivity (Wildman–Crippen MR) is 138 cm³/mol. The Balaban J connectivity index is 2.27. The number of hydrogen-bond donors (Lipinski definition) is 0. The number of aryl methyl sites for hydroxylation is 1. The van der Waals surface area contributed by atoms with Gasteiger partial charge in [0.15, 0.2) is 0 Å². The lowest BCUT2D eigenvalue weighted by Gasteiger charge is -2.32. The molecular weight excluding hydrogens is 514 g/mol. The summed E-state index contributed by atoms with van der Waals surface area (Å²) in [5, 5.41) is 0. The smallest absolute Gasteiger partial charge is 0.420 e. The average Bonchev–Trinajstić information content (AvgIpc) is 2.74. The molecule has 0 aliphatic carbocycles. The molecule has 7 nitrogen and oxygen atoms in total. The molecule has 0 bridgehead atoms. The summed E-state index contributed by atoms with van der Waals surface area (Å²) in [6, 6.07) is 14.7. The van der Waals surface area contributed by atoms with E-state index in [4.69, 9.17) is 14.2 Å². The summed E-state index contributed by atoms with van der Waals surface area (Å²) in [4.78, 5) is 39.4. The number of carbonyl (C=O) groups is 3. The van der Waals surface area contributed by atoms with Crippen molar-refractivity contribution >= 4 is 34.1 Å². The monoisotopic (exact) mass is 547 g/mol. The van der Waals surface area contributed by atoms with E-state index in [-0.39, 0.29) is 6.42 Å². The standard InChI is InChI=1S/C27H34BrNO6/c1-26(2,3)34-24(31)29(25(32)35-27(4,5)6)22(23(30)33-7)17-10-18-8-11-19(12-9-18)20-13-15-21(28)16-14-20/h8-9,11-16,22H,10,17H2,1-7H3. The Bertz CT molecular complexity index is 992. The van der Waals surface area contributed by atoms with Crippen LogP contribution in [0.15, 0.2) is 53.0 Å². The minimum absolute atomic E-state index is 0.142. The van der Waals surface area contributed by atoms with Crippen molar-refractivity contribution < 1.29 is 28.6 Å². The molecule has 1 atom stereocenters. The number of hydrogen-bond acceptors (Lipinski definition) is 6. The second kappa shape index (κ2) is 11.7. The molecule has 0 aliphatic heterocycles. The van der Waals surface area contributed by atoms with E-state index in [0.29, 0.717) is 6.42 Å². The van der Waals surface area contributed by atoms with E-state index in [1.807, 2.05) is 48.5 Å². The maximum absolute atomic E-state index is 13.0. The number of amides is 2. The highest BCUT2D eigenvalue weighted by molar-refractivity contribution is 9.10. The Morgan fingerprint density at radius 3 is 1.63 bits per heavy atom. The number of nitrogens with zero attached hydrogens (tertiary/aromatic N) is 1. The first-order valence-corrected chi connectivity index (χ1v) is 12.2. The first-order chi connectivity index (χ1) is 16.2. The van der Waals surface area contributed by atoms with Gasteiger partial charge in [-0.25, -0.2) is 14.4 Å². The molecule has 2 aromatic carbocycles. The Hall–Kier alpha value is -2.87. The fourth-order valence-electron chi connectivity index (χ4n) is 3.25. The van der Waals surface area contributed by atoms with Crippen molar-refractivity contribution in [3.8, 4) is 11.1 Å². The second-order valence-electron chi connectivity index (χ2n) is 10.1. The third-order valence-corrected chi connectivity index (χ3v) is 5.33. The van der Waals surface area contributed by atoms with Crippen molar-refractivity contribution in [1.82, 2.24) is 4.90 Å². The van der Waals surface area contributed by atoms with Crippen LogP contribution in [-0.4, -0.2) is 47.4 Å². The van der Waals surface area contributed by atoms with E-state index in [0.717, 1.165) is 26.1 Å². The molecule has 0 aliphatic rings. The zero-order valence-electron chi connectivity index (χ0n) is 21.4. The van der Waals surface area contributed by atoms with E-state index in [1.54, 1.807) is 41.5 Å². The number of imide groups is 1. The van der Waals surface area contributed by atoms with Gasteiger partial charge in [0.2, 0.25) is 0 Å². The number of halogens is 1. The van der Waals surface area contributed by atoms with Crippen LogP contribution in [-0.2, 0) is 25.4 Å². The topological polar surface area (TPSA) is 82.1 Å². The first-order valence-electron chi connectivity index (χ1n) is 11.4. The van der Waals surface area contributed by atoms with Gasteiger partial charge < -0.3 is 14.2 Å². The van der Waals surface area contributed by atoms with Crippen molar-refractivity contribution in [2.45, 2.75) is 71.6 Å². The molecule has 0 aromatic heterocycles. The average molecular weight is 548 g/mol. The van der Waals surface area contributed by atoms with E-state index in [2.05, 4.69) is 15.9 Å². The zero-order chi connectivity index (χ0) is 26.4. The van der Waals surface area contributed by atoms with Crippen LogP contribution in [0.1, 0.15) is 53.5 Å². The normalized spacial score (nSPS) is 12.5. The predicted octanol–water partition coefficient (Wildman–Crippen LogP) is 6.76. The molecular formula is C27H34BrNO6. The lowest BCUT2D eigenvalue weighted by atomic mass is 10.00. The highest BCUT2D eigenvalue weighted by Gasteiger charge is 2.40. The Morgan fingerprint density at radius 2 is 1.23 bits per heavy atom. The Labute approximate surface area is 215 Å². The lowest BCUT2D eigenvalue weighted by molar-refractivity contribution is -0.146. The number of methoxy groups -OCH3 is 1. The third-order valence-electron chi connectivity index (χ3n) is 4.80. The molecule has 0 saturated heterocycles. The first kappa shape index (κ1) is 28.4. The van der Waals surface area contributed by atoms with Gasteiger partial charge in [-0.1, -0.05) is 52.3 Å². The highest BCUT2D eigenvalue weighted by atomic mass is 79.9. The van der Waals surface area contributed by atoms with Crippen molar-refractivity contribution in [3.05, 3.63) is 58.6 Å². The Morgan fingerprint density at radius 1 is 0.800 bits per heavy atom. The van der Waals surface area contributed by atoms with Crippen molar-refractivity contribution in [3.63, 3.8) is 0 Å². The van der Waals surface area contributed by atoms with Crippen LogP contribution in [0.3, 0.4) is 0 Å². The number of benzene rings is 2. The molecule has 190 valence electrons. The lowest BCUT2D eigenvalue weighted by Crippen LogP contribution is -2.52. The SMILES string of the molecule is COC(=O)C(CCc1ccc(-c2ccc(Br)cc2)cc1)N(C(=O)OC(C)(C)C)C(=O)OC(C)(C)C. The fraction of sp³-hybridized carbons (Fsp3) is 0.444. The van der Waals surface area contributed by atoms with E-state index in [9.17, 15) is 14.4 Å². The minimum Gasteiger partial charge on any atom is -0.467 e. The third kappa shape index (κ3) is 9.02. The van der Waals surface area contributed by atoms with Crippen LogP contribution < -0.4 is 0 Å². The van der Waals surface area contributed by atoms with Crippen LogP contribution in [0.2, 0.25) is 0 Å². The molecule has 2 aromatic rings. The second-order valence-corrected chi connectivity index (χ2v) is 11.0. The molecule has 0 N–H and O–H groups in total. The van der Waals surface area contributed by atoms with Gasteiger partial charge >= 0.3 is 18.2 Å². The van der Waals surface area contributed by atoms with E-state index in [1.165, 1.54) is 7.11 Å². The summed E-state index contributed by atoms with van der Waals surface area (Å²) in [5.74, 6) is -0.729. The van der Waals surface area contributed by atoms with Crippen molar-refractivity contribution in [2.75, 3.05) is 7.11 Å². The van der Waals surface area contributed by atoms with E-state index >= 15 is 0 Å². The van der Waals surface area contributed by atoms with Gasteiger partial charge in [0.1, 0.15) is 17.2 Å². The molecule has 8 heteroatoms. The summed E-state index contributed by atoms with van der Waals surface area (Å²) in [6.07, 6.45) is -1.37. The number of rotatable bonds is 6. The van der Waals surface area contributed by atoms with Gasteiger partial charge in [-0.3, -0.25) is 0 Å². The fourth-order valence-corrected chi connectivity index (χ4v) is 3.51. The van der Waals surface area contributed by atoms with Crippen molar-refractivity contribution in [2.24, 2.45) is 0 Å². The molecule has 0 fully saturated rings. The van der Waals surface area contributed by atoms with Gasteiger partial charge in [0.05, 0.1) is 7.11 Å². The molecule has 0 spiro atoms.